The zero-order chi connectivity index (χ0) is 31.9. The van der Waals surface area contributed by atoms with Crippen LogP contribution in [-0.2, 0) is 6.61 Å². The third kappa shape index (κ3) is 6.96. The van der Waals surface area contributed by atoms with Crippen LogP contribution in [0.1, 0.15) is 36.7 Å². The second kappa shape index (κ2) is 14.0. The van der Waals surface area contributed by atoms with Gasteiger partial charge < -0.3 is 28.6 Å². The Labute approximate surface area is 264 Å². The fourth-order valence-corrected chi connectivity index (χ4v) is 5.23. The number of fused-ring (bicyclic) bond motifs is 1. The number of amides is 1. The van der Waals surface area contributed by atoms with E-state index in [9.17, 15) is 9.59 Å². The maximum atomic E-state index is 14.2. The van der Waals surface area contributed by atoms with Crippen LogP contribution in [0.3, 0.4) is 0 Å². The second-order valence-corrected chi connectivity index (χ2v) is 10.7. The van der Waals surface area contributed by atoms with Gasteiger partial charge >= 0.3 is 0 Å². The number of rotatable bonds is 12. The van der Waals surface area contributed by atoms with Gasteiger partial charge in [0.25, 0.3) is 5.91 Å². The van der Waals surface area contributed by atoms with Crippen molar-refractivity contribution in [2.24, 2.45) is 0 Å². The van der Waals surface area contributed by atoms with Crippen molar-refractivity contribution in [1.29, 1.82) is 0 Å². The SMILES string of the molecule is CCOc1cc(OCC)cc(-n2cc(C(=O)N(CC)c3cccc(N(C)C)c3)c(=O)c3ccc(OCc4ccccc4)cc32)c1. The van der Waals surface area contributed by atoms with Gasteiger partial charge in [-0.3, -0.25) is 9.59 Å². The van der Waals surface area contributed by atoms with Gasteiger partial charge in [-0.1, -0.05) is 36.4 Å². The van der Waals surface area contributed by atoms with Gasteiger partial charge in [-0.25, -0.2) is 0 Å². The molecule has 0 spiro atoms. The maximum Gasteiger partial charge on any atom is 0.263 e. The Bertz CT molecular complexity index is 1830. The molecular formula is C37H39N3O5. The number of hydrogen-bond acceptors (Lipinski definition) is 6. The Morgan fingerprint density at radius 1 is 0.733 bits per heavy atom. The molecule has 0 fully saturated rings. The molecule has 8 nitrogen and oxygen atoms in total. The van der Waals surface area contributed by atoms with Crippen LogP contribution in [0.2, 0.25) is 0 Å². The molecule has 0 aliphatic carbocycles. The lowest BCUT2D eigenvalue weighted by atomic mass is 10.1. The number of pyridine rings is 1. The van der Waals surface area contributed by atoms with Gasteiger partial charge in [0.2, 0.25) is 5.43 Å². The van der Waals surface area contributed by atoms with Gasteiger partial charge in [0.05, 0.1) is 24.4 Å². The molecule has 5 aromatic rings. The molecule has 0 saturated heterocycles. The smallest absolute Gasteiger partial charge is 0.263 e. The van der Waals surface area contributed by atoms with Crippen LogP contribution in [-0.4, -0.2) is 44.3 Å². The summed E-state index contributed by atoms with van der Waals surface area (Å²) in [4.78, 5) is 31.8. The standard InChI is InChI=1S/C37H39N3O5/c1-6-39(28-16-12-15-27(19-28)38(4)5)37(42)34-24-40(29-20-31(43-7-2)22-32(21-29)44-8-3)35-23-30(17-18-33(35)36(34)41)45-25-26-13-10-9-11-14-26/h9-24H,6-8,25H2,1-5H3. The average Bonchev–Trinajstić information content (AvgIpc) is 3.05. The fraction of sp³-hybridized carbons (Fsp3) is 0.243. The molecule has 1 heterocycles. The normalized spacial score (nSPS) is 10.9. The summed E-state index contributed by atoms with van der Waals surface area (Å²) < 4.78 is 19.7. The van der Waals surface area contributed by atoms with E-state index in [-0.39, 0.29) is 16.9 Å². The Morgan fingerprint density at radius 3 is 2.07 bits per heavy atom. The summed E-state index contributed by atoms with van der Waals surface area (Å²) in [6.07, 6.45) is 1.62. The largest absolute Gasteiger partial charge is 0.494 e. The number of ether oxygens (including phenoxy) is 3. The first kappa shape index (κ1) is 31.2. The Morgan fingerprint density at radius 2 is 1.42 bits per heavy atom. The number of nitrogens with zero attached hydrogens (tertiary/aromatic N) is 3. The first-order valence-electron chi connectivity index (χ1n) is 15.2. The summed E-state index contributed by atoms with van der Waals surface area (Å²) in [5, 5.41) is 0.394. The lowest BCUT2D eigenvalue weighted by Gasteiger charge is -2.24. The fourth-order valence-electron chi connectivity index (χ4n) is 5.23. The van der Waals surface area contributed by atoms with Gasteiger partial charge in [0.1, 0.15) is 29.4 Å². The van der Waals surface area contributed by atoms with E-state index in [2.05, 4.69) is 0 Å². The van der Waals surface area contributed by atoms with Crippen LogP contribution in [0, 0.1) is 0 Å². The minimum atomic E-state index is -0.385. The monoisotopic (exact) mass is 605 g/mol. The molecule has 0 aliphatic rings. The Balaban J connectivity index is 1.68. The van der Waals surface area contributed by atoms with E-state index in [4.69, 9.17) is 14.2 Å². The predicted molar refractivity (Wildman–Crippen MR) is 181 cm³/mol. The topological polar surface area (TPSA) is 73.2 Å². The number of aromatic nitrogens is 1. The minimum absolute atomic E-state index is 0.0531. The maximum absolute atomic E-state index is 14.2. The molecule has 8 heteroatoms. The highest BCUT2D eigenvalue weighted by Gasteiger charge is 2.23. The van der Waals surface area contributed by atoms with Crippen molar-refractivity contribution in [3.63, 3.8) is 0 Å². The summed E-state index contributed by atoms with van der Waals surface area (Å²) in [5.74, 6) is 1.44. The second-order valence-electron chi connectivity index (χ2n) is 10.7. The van der Waals surface area contributed by atoms with E-state index >= 15 is 0 Å². The van der Waals surface area contributed by atoms with Crippen LogP contribution in [0.5, 0.6) is 17.2 Å². The van der Waals surface area contributed by atoms with Crippen LogP contribution in [0.15, 0.2) is 102 Å². The van der Waals surface area contributed by atoms with Crippen molar-refractivity contribution in [3.05, 3.63) is 119 Å². The molecule has 0 bridgehead atoms. The number of benzene rings is 4. The predicted octanol–water partition coefficient (Wildman–Crippen LogP) is 7.10. The van der Waals surface area contributed by atoms with Crippen LogP contribution >= 0.6 is 0 Å². The van der Waals surface area contributed by atoms with Crippen molar-refractivity contribution in [2.45, 2.75) is 27.4 Å². The van der Waals surface area contributed by atoms with E-state index < -0.39 is 0 Å². The highest BCUT2D eigenvalue weighted by molar-refractivity contribution is 6.07. The van der Waals surface area contributed by atoms with Gasteiger partial charge in [-0.15, -0.1) is 0 Å². The molecule has 0 radical (unpaired) electrons. The zero-order valence-corrected chi connectivity index (χ0v) is 26.4. The molecule has 0 unspecified atom stereocenters. The average molecular weight is 606 g/mol. The molecule has 4 aromatic carbocycles. The molecule has 45 heavy (non-hydrogen) atoms. The van der Waals surface area contributed by atoms with Crippen molar-refractivity contribution in [3.8, 4) is 22.9 Å². The summed E-state index contributed by atoms with van der Waals surface area (Å²) >= 11 is 0. The summed E-state index contributed by atoms with van der Waals surface area (Å²) in [7, 11) is 3.90. The highest BCUT2D eigenvalue weighted by Crippen LogP contribution is 2.30. The first-order chi connectivity index (χ1) is 21.8. The van der Waals surface area contributed by atoms with Crippen LogP contribution < -0.4 is 29.4 Å². The molecule has 0 saturated carbocycles. The molecular weight excluding hydrogens is 566 g/mol. The van der Waals surface area contributed by atoms with E-state index in [1.54, 1.807) is 23.2 Å². The number of carbonyl (C=O) groups excluding carboxylic acids is 1. The molecule has 232 valence electrons. The van der Waals surface area contributed by atoms with E-state index in [0.29, 0.717) is 65.9 Å². The quantitative estimate of drug-likeness (QED) is 0.151. The minimum Gasteiger partial charge on any atom is -0.494 e. The molecule has 0 aliphatic heterocycles. The lowest BCUT2D eigenvalue weighted by Crippen LogP contribution is -2.35. The molecule has 0 atom stereocenters. The molecule has 1 aromatic heterocycles. The van der Waals surface area contributed by atoms with Gasteiger partial charge in [-0.05, 0) is 56.7 Å². The number of hydrogen-bond donors (Lipinski definition) is 0. The third-order valence-corrected chi connectivity index (χ3v) is 7.44. The highest BCUT2D eigenvalue weighted by atomic mass is 16.5. The third-order valence-electron chi connectivity index (χ3n) is 7.44. The van der Waals surface area contributed by atoms with E-state index in [1.165, 1.54) is 0 Å². The number of carbonyl (C=O) groups is 1. The molecule has 1 amide bonds. The van der Waals surface area contributed by atoms with Gasteiger partial charge in [-0.2, -0.15) is 0 Å². The Kier molecular flexibility index (Phi) is 9.73. The summed E-state index contributed by atoms with van der Waals surface area (Å²) in [6.45, 7) is 7.43. The van der Waals surface area contributed by atoms with Crippen molar-refractivity contribution >= 4 is 28.2 Å². The van der Waals surface area contributed by atoms with Crippen LogP contribution in [0.4, 0.5) is 11.4 Å². The zero-order valence-electron chi connectivity index (χ0n) is 26.4. The van der Waals surface area contributed by atoms with Crippen molar-refractivity contribution in [2.75, 3.05) is 43.7 Å². The first-order valence-corrected chi connectivity index (χ1v) is 15.2. The summed E-state index contributed by atoms with van der Waals surface area (Å²) in [6, 6.07) is 28.5. The van der Waals surface area contributed by atoms with E-state index in [0.717, 1.165) is 11.3 Å². The summed E-state index contributed by atoms with van der Waals surface area (Å²) in [5.41, 5.74) is 3.67. The molecule has 0 N–H and O–H groups in total. The Hall–Kier alpha value is -5.24. The van der Waals surface area contributed by atoms with Gasteiger partial charge in [0, 0.05) is 67.9 Å². The van der Waals surface area contributed by atoms with E-state index in [1.807, 2.05) is 123 Å². The lowest BCUT2D eigenvalue weighted by molar-refractivity contribution is 0.0987. The van der Waals surface area contributed by atoms with Crippen molar-refractivity contribution in [1.82, 2.24) is 4.57 Å². The number of anilines is 2. The van der Waals surface area contributed by atoms with Crippen LogP contribution in [0.25, 0.3) is 16.6 Å². The van der Waals surface area contributed by atoms with Crippen molar-refractivity contribution < 1.29 is 19.0 Å². The molecule has 5 rings (SSSR count). The van der Waals surface area contributed by atoms with Gasteiger partial charge in [0.15, 0.2) is 0 Å².